The summed E-state index contributed by atoms with van der Waals surface area (Å²) >= 11 is 0. The third-order valence-corrected chi connectivity index (χ3v) is 13.1. The van der Waals surface area contributed by atoms with Crippen LogP contribution in [-0.4, -0.2) is 22.5 Å². The molecule has 0 amide bonds. The van der Waals surface area contributed by atoms with E-state index in [1.165, 1.54) is 11.1 Å². The molecule has 0 spiro atoms. The molecule has 2 aromatic carbocycles. The van der Waals surface area contributed by atoms with Gasteiger partial charge < -0.3 is 4.43 Å². The van der Waals surface area contributed by atoms with Crippen molar-refractivity contribution in [1.82, 2.24) is 0 Å². The summed E-state index contributed by atoms with van der Waals surface area (Å²) in [6, 6.07) is 15.7. The monoisotopic (exact) mass is 396 g/mol. The SMILES string of the molecule is CC(C)(C)[Si](C)(C)O[C@@H]1Cc2c(-c3ccccc3)ccc([Si](C)(C)C)c2C1. The maximum atomic E-state index is 6.86. The molecule has 0 heterocycles. The Labute approximate surface area is 168 Å². The summed E-state index contributed by atoms with van der Waals surface area (Å²) in [4.78, 5) is 0. The quantitative estimate of drug-likeness (QED) is 0.544. The number of rotatable bonds is 4. The molecular weight excluding hydrogens is 360 g/mol. The average molecular weight is 397 g/mol. The molecule has 3 rings (SSSR count). The number of fused-ring (bicyclic) bond motifs is 1. The molecule has 1 aliphatic carbocycles. The van der Waals surface area contributed by atoms with Gasteiger partial charge in [-0.2, -0.15) is 0 Å². The Balaban J connectivity index is 2.02. The molecule has 0 unspecified atom stereocenters. The van der Waals surface area contributed by atoms with Crippen molar-refractivity contribution < 1.29 is 4.43 Å². The average Bonchev–Trinajstić information content (AvgIpc) is 2.95. The van der Waals surface area contributed by atoms with Gasteiger partial charge in [0, 0.05) is 0 Å². The Morgan fingerprint density at radius 2 is 1.41 bits per heavy atom. The molecular formula is C24H36OSi2. The number of hydrogen-bond donors (Lipinski definition) is 0. The molecule has 2 aromatic rings. The first kappa shape index (κ1) is 20.6. The second-order valence-electron chi connectivity index (χ2n) is 10.6. The Morgan fingerprint density at radius 1 is 0.815 bits per heavy atom. The fourth-order valence-electron chi connectivity index (χ4n) is 3.95. The molecule has 1 atom stereocenters. The minimum absolute atomic E-state index is 0.256. The summed E-state index contributed by atoms with van der Waals surface area (Å²) in [6.45, 7) is 19.2. The zero-order valence-corrected chi connectivity index (χ0v) is 20.4. The lowest BCUT2D eigenvalue weighted by molar-refractivity contribution is 0.192. The summed E-state index contributed by atoms with van der Waals surface area (Å²) in [5, 5.41) is 1.88. The van der Waals surface area contributed by atoms with Crippen LogP contribution in [0.3, 0.4) is 0 Å². The molecule has 27 heavy (non-hydrogen) atoms. The van der Waals surface area contributed by atoms with Gasteiger partial charge in [0.2, 0.25) is 0 Å². The Hall–Kier alpha value is -1.17. The van der Waals surface area contributed by atoms with Crippen LogP contribution < -0.4 is 5.19 Å². The summed E-state index contributed by atoms with van der Waals surface area (Å²) in [5.74, 6) is 0. The molecule has 1 aliphatic rings. The zero-order chi connectivity index (χ0) is 20.0. The molecule has 0 fully saturated rings. The van der Waals surface area contributed by atoms with Crippen LogP contribution in [0.5, 0.6) is 0 Å². The largest absolute Gasteiger partial charge is 0.413 e. The van der Waals surface area contributed by atoms with E-state index in [4.69, 9.17) is 4.43 Å². The van der Waals surface area contributed by atoms with Crippen molar-refractivity contribution in [2.24, 2.45) is 0 Å². The normalized spacial score (nSPS) is 17.9. The van der Waals surface area contributed by atoms with Crippen molar-refractivity contribution in [3.63, 3.8) is 0 Å². The number of benzene rings is 2. The highest BCUT2D eigenvalue weighted by Gasteiger charge is 2.41. The van der Waals surface area contributed by atoms with Gasteiger partial charge >= 0.3 is 0 Å². The summed E-state index contributed by atoms with van der Waals surface area (Å²) in [6.07, 6.45) is 2.48. The topological polar surface area (TPSA) is 9.23 Å². The van der Waals surface area contributed by atoms with Gasteiger partial charge in [-0.15, -0.1) is 0 Å². The lowest BCUT2D eigenvalue weighted by Gasteiger charge is -2.38. The lowest BCUT2D eigenvalue weighted by atomic mass is 9.97. The van der Waals surface area contributed by atoms with Crippen molar-refractivity contribution in [2.45, 2.75) is 77.5 Å². The second-order valence-corrected chi connectivity index (χ2v) is 20.4. The fourth-order valence-corrected chi connectivity index (χ4v) is 7.05. The van der Waals surface area contributed by atoms with E-state index in [0.29, 0.717) is 6.10 Å². The standard InChI is InChI=1S/C24H36OSi2/c1-24(2,3)27(7,8)25-19-16-21-20(18-12-10-9-11-13-18)14-15-23(22(21)17-19)26(4,5)6/h9-15,19H,16-17H2,1-8H3/t19-/m1/s1. The van der Waals surface area contributed by atoms with Gasteiger partial charge in [-0.3, -0.25) is 0 Å². The molecule has 0 saturated heterocycles. The van der Waals surface area contributed by atoms with Crippen molar-refractivity contribution in [2.75, 3.05) is 0 Å². The van der Waals surface area contributed by atoms with Gasteiger partial charge in [-0.1, -0.05) is 88.1 Å². The third kappa shape index (κ3) is 4.15. The van der Waals surface area contributed by atoms with E-state index in [1.807, 2.05) is 0 Å². The summed E-state index contributed by atoms with van der Waals surface area (Å²) < 4.78 is 6.86. The third-order valence-electron chi connectivity index (χ3n) is 6.46. The van der Waals surface area contributed by atoms with Crippen molar-refractivity contribution in [3.8, 4) is 11.1 Å². The Kier molecular flexibility index (Phi) is 5.35. The van der Waals surface area contributed by atoms with Gasteiger partial charge in [0.15, 0.2) is 8.32 Å². The van der Waals surface area contributed by atoms with Gasteiger partial charge in [0.25, 0.3) is 0 Å². The molecule has 0 bridgehead atoms. The predicted molar refractivity (Wildman–Crippen MR) is 124 cm³/mol. The van der Waals surface area contributed by atoms with Crippen LogP contribution in [0, 0.1) is 0 Å². The molecule has 0 aromatic heterocycles. The molecule has 0 N–H and O–H groups in total. The van der Waals surface area contributed by atoms with Gasteiger partial charge in [0.05, 0.1) is 14.2 Å². The maximum absolute atomic E-state index is 6.86. The molecule has 0 aliphatic heterocycles. The smallest absolute Gasteiger partial charge is 0.192 e. The van der Waals surface area contributed by atoms with Crippen molar-refractivity contribution in [3.05, 3.63) is 53.6 Å². The summed E-state index contributed by atoms with van der Waals surface area (Å²) in [5.41, 5.74) is 5.89. The maximum Gasteiger partial charge on any atom is 0.192 e. The van der Waals surface area contributed by atoms with E-state index >= 15 is 0 Å². The van der Waals surface area contributed by atoms with Gasteiger partial charge in [0.1, 0.15) is 0 Å². The molecule has 3 heteroatoms. The van der Waals surface area contributed by atoms with Crippen LogP contribution in [0.2, 0.25) is 37.8 Å². The highest BCUT2D eigenvalue weighted by molar-refractivity contribution is 6.89. The first-order valence-electron chi connectivity index (χ1n) is 10.3. The van der Waals surface area contributed by atoms with E-state index in [2.05, 4.69) is 96.0 Å². The van der Waals surface area contributed by atoms with Crippen LogP contribution in [0.25, 0.3) is 11.1 Å². The van der Waals surface area contributed by atoms with Crippen molar-refractivity contribution in [1.29, 1.82) is 0 Å². The first-order chi connectivity index (χ1) is 12.4. The van der Waals surface area contributed by atoms with Crippen LogP contribution in [0.15, 0.2) is 42.5 Å². The molecule has 146 valence electrons. The van der Waals surface area contributed by atoms with Crippen LogP contribution >= 0.6 is 0 Å². The minimum atomic E-state index is -1.76. The molecule has 0 saturated carbocycles. The van der Waals surface area contributed by atoms with Gasteiger partial charge in [-0.25, -0.2) is 0 Å². The van der Waals surface area contributed by atoms with Gasteiger partial charge in [-0.05, 0) is 53.2 Å². The number of hydrogen-bond acceptors (Lipinski definition) is 1. The van der Waals surface area contributed by atoms with Crippen LogP contribution in [-0.2, 0) is 17.3 Å². The highest BCUT2D eigenvalue weighted by atomic mass is 28.4. The van der Waals surface area contributed by atoms with E-state index in [-0.39, 0.29) is 5.04 Å². The predicted octanol–water partition coefficient (Wildman–Crippen LogP) is 6.39. The van der Waals surface area contributed by atoms with E-state index in [1.54, 1.807) is 16.3 Å². The first-order valence-corrected chi connectivity index (χ1v) is 16.7. The molecule has 0 radical (unpaired) electrons. The van der Waals surface area contributed by atoms with E-state index in [9.17, 15) is 0 Å². The van der Waals surface area contributed by atoms with E-state index in [0.717, 1.165) is 12.8 Å². The zero-order valence-electron chi connectivity index (χ0n) is 18.4. The molecule has 1 nitrogen and oxygen atoms in total. The highest BCUT2D eigenvalue weighted by Crippen LogP contribution is 2.40. The minimum Gasteiger partial charge on any atom is -0.413 e. The van der Waals surface area contributed by atoms with Crippen molar-refractivity contribution >= 4 is 21.6 Å². The second kappa shape index (κ2) is 7.02. The van der Waals surface area contributed by atoms with Crippen LogP contribution in [0.1, 0.15) is 31.9 Å². The fraction of sp³-hybridized carbons (Fsp3) is 0.500. The Morgan fingerprint density at radius 3 is 1.96 bits per heavy atom. The Bertz CT molecular complexity index is 811. The lowest BCUT2D eigenvalue weighted by Crippen LogP contribution is -2.44. The summed E-state index contributed by atoms with van der Waals surface area (Å²) in [7, 11) is -3.14. The van der Waals surface area contributed by atoms with E-state index < -0.39 is 16.4 Å². The van der Waals surface area contributed by atoms with Crippen LogP contribution in [0.4, 0.5) is 0 Å².